The Hall–Kier alpha value is -2.12. The lowest BCUT2D eigenvalue weighted by molar-refractivity contribution is 0.00230. The highest BCUT2D eigenvalue weighted by atomic mass is 16.6. The van der Waals surface area contributed by atoms with Crippen molar-refractivity contribution in [2.24, 2.45) is 0 Å². The Morgan fingerprint density at radius 1 is 0.516 bits per heavy atom. The van der Waals surface area contributed by atoms with Crippen LogP contribution in [0.3, 0.4) is 0 Å². The summed E-state index contributed by atoms with van der Waals surface area (Å²) in [4.78, 5) is 22.7. The number of hydrogen-bond donors (Lipinski definition) is 4. The van der Waals surface area contributed by atoms with Crippen LogP contribution in [0.25, 0.3) is 0 Å². The maximum absolute atomic E-state index is 11.4. The van der Waals surface area contributed by atoms with Crippen LogP contribution in [-0.2, 0) is 23.7 Å². The summed E-state index contributed by atoms with van der Waals surface area (Å²) < 4.78 is 24.4. The van der Waals surface area contributed by atoms with E-state index in [0.717, 1.165) is 0 Å². The SMILES string of the molecule is O=C(OCCO)c1ccc(C(=O)OCCO)cc1.OCCOCCOCCOCCO. The molecule has 0 aliphatic heterocycles. The van der Waals surface area contributed by atoms with Crippen LogP contribution in [0.4, 0.5) is 0 Å². The van der Waals surface area contributed by atoms with Gasteiger partial charge in [-0.15, -0.1) is 0 Å². The molecule has 0 fully saturated rings. The van der Waals surface area contributed by atoms with Gasteiger partial charge in [0.15, 0.2) is 0 Å². The van der Waals surface area contributed by atoms with Gasteiger partial charge < -0.3 is 44.1 Å². The summed E-state index contributed by atoms with van der Waals surface area (Å²) in [5.41, 5.74) is 0.560. The fourth-order valence-corrected chi connectivity index (χ4v) is 1.86. The van der Waals surface area contributed by atoms with Gasteiger partial charge in [-0.1, -0.05) is 0 Å². The first-order valence-electron chi connectivity index (χ1n) is 9.71. The van der Waals surface area contributed by atoms with Crippen molar-refractivity contribution in [3.8, 4) is 0 Å². The van der Waals surface area contributed by atoms with Crippen molar-refractivity contribution in [2.75, 3.05) is 79.3 Å². The number of benzene rings is 1. The Kier molecular flexibility index (Phi) is 19.7. The van der Waals surface area contributed by atoms with Crippen LogP contribution < -0.4 is 0 Å². The van der Waals surface area contributed by atoms with E-state index in [0.29, 0.717) is 39.6 Å². The van der Waals surface area contributed by atoms with E-state index in [2.05, 4.69) is 0 Å². The fraction of sp³-hybridized carbons (Fsp3) is 0.600. The van der Waals surface area contributed by atoms with Crippen LogP contribution in [0, 0.1) is 0 Å². The highest BCUT2D eigenvalue weighted by Crippen LogP contribution is 2.07. The van der Waals surface area contributed by atoms with Crippen LogP contribution in [0.1, 0.15) is 20.7 Å². The molecular formula is C20H32O11. The first kappa shape index (κ1) is 28.9. The molecule has 0 saturated carbocycles. The molecule has 0 aliphatic carbocycles. The molecule has 0 amide bonds. The van der Waals surface area contributed by atoms with E-state index in [4.69, 9.17) is 44.1 Å². The molecule has 11 nitrogen and oxygen atoms in total. The van der Waals surface area contributed by atoms with E-state index in [1.54, 1.807) is 0 Å². The lowest BCUT2D eigenvalue weighted by Gasteiger charge is -2.05. The van der Waals surface area contributed by atoms with Crippen LogP contribution in [-0.4, -0.2) is 112 Å². The van der Waals surface area contributed by atoms with Gasteiger partial charge in [0.25, 0.3) is 0 Å². The van der Waals surface area contributed by atoms with Gasteiger partial charge in [0.2, 0.25) is 0 Å². The van der Waals surface area contributed by atoms with Gasteiger partial charge in [-0.25, -0.2) is 9.59 Å². The monoisotopic (exact) mass is 448 g/mol. The van der Waals surface area contributed by atoms with E-state index in [9.17, 15) is 9.59 Å². The molecule has 0 unspecified atom stereocenters. The molecule has 0 heterocycles. The van der Waals surface area contributed by atoms with E-state index in [1.807, 2.05) is 0 Å². The maximum Gasteiger partial charge on any atom is 0.338 e. The summed E-state index contributed by atoms with van der Waals surface area (Å²) in [5.74, 6) is -1.14. The Morgan fingerprint density at radius 2 is 0.806 bits per heavy atom. The molecule has 0 bridgehead atoms. The normalized spacial score (nSPS) is 10.2. The number of carbonyl (C=O) groups is 2. The second-order valence-electron chi connectivity index (χ2n) is 5.58. The third-order valence-corrected chi connectivity index (χ3v) is 3.22. The van der Waals surface area contributed by atoms with Crippen molar-refractivity contribution < 1.29 is 53.7 Å². The van der Waals surface area contributed by atoms with Crippen LogP contribution >= 0.6 is 0 Å². The van der Waals surface area contributed by atoms with Crippen molar-refractivity contribution in [1.29, 1.82) is 0 Å². The Morgan fingerprint density at radius 3 is 1.10 bits per heavy atom. The molecule has 0 atom stereocenters. The highest BCUT2D eigenvalue weighted by Gasteiger charge is 2.10. The summed E-state index contributed by atoms with van der Waals surface area (Å²) in [6, 6.07) is 5.70. The molecule has 0 aromatic heterocycles. The third-order valence-electron chi connectivity index (χ3n) is 3.22. The number of aliphatic hydroxyl groups is 4. The van der Waals surface area contributed by atoms with Gasteiger partial charge in [-0.2, -0.15) is 0 Å². The second kappa shape index (κ2) is 21.1. The molecule has 31 heavy (non-hydrogen) atoms. The average Bonchev–Trinajstić information content (AvgIpc) is 2.80. The minimum atomic E-state index is -0.570. The Bertz CT molecular complexity index is 514. The first-order chi connectivity index (χ1) is 15.1. The standard InChI is InChI=1S/C12H14O6.C8H18O5/c13-5-7-17-11(15)9-1-2-10(4-3-9)12(16)18-8-6-14;9-1-3-11-5-7-13-8-6-12-4-2-10/h1-4,13-14H,5-8H2;9-10H,1-8H2. The summed E-state index contributed by atoms with van der Waals surface area (Å²) in [6.07, 6.45) is 0. The van der Waals surface area contributed by atoms with Crippen molar-refractivity contribution in [3.05, 3.63) is 35.4 Å². The lowest BCUT2D eigenvalue weighted by Crippen LogP contribution is -2.11. The molecule has 0 aliphatic rings. The number of esters is 2. The number of carbonyl (C=O) groups excluding carboxylic acids is 2. The molecule has 1 rings (SSSR count). The van der Waals surface area contributed by atoms with Crippen LogP contribution in [0.15, 0.2) is 24.3 Å². The quantitative estimate of drug-likeness (QED) is 0.181. The molecule has 1 aromatic rings. The lowest BCUT2D eigenvalue weighted by atomic mass is 10.1. The third kappa shape index (κ3) is 16.3. The minimum Gasteiger partial charge on any atom is -0.460 e. The number of hydrogen-bond acceptors (Lipinski definition) is 11. The molecule has 0 spiro atoms. The second-order valence-corrected chi connectivity index (χ2v) is 5.58. The van der Waals surface area contributed by atoms with Crippen molar-refractivity contribution in [3.63, 3.8) is 0 Å². The molecule has 178 valence electrons. The zero-order valence-corrected chi connectivity index (χ0v) is 17.4. The van der Waals surface area contributed by atoms with Gasteiger partial charge in [-0.05, 0) is 24.3 Å². The van der Waals surface area contributed by atoms with E-state index >= 15 is 0 Å². The van der Waals surface area contributed by atoms with Crippen molar-refractivity contribution in [2.45, 2.75) is 0 Å². The van der Waals surface area contributed by atoms with Gasteiger partial charge in [-0.3, -0.25) is 0 Å². The summed E-state index contributed by atoms with van der Waals surface area (Å²) in [7, 11) is 0. The van der Waals surface area contributed by atoms with Gasteiger partial charge in [0, 0.05) is 0 Å². The predicted molar refractivity (Wildman–Crippen MR) is 108 cm³/mol. The van der Waals surface area contributed by atoms with Crippen molar-refractivity contribution in [1.82, 2.24) is 0 Å². The van der Waals surface area contributed by atoms with Crippen molar-refractivity contribution >= 4 is 11.9 Å². The number of aliphatic hydroxyl groups excluding tert-OH is 4. The number of ether oxygens (including phenoxy) is 5. The minimum absolute atomic E-state index is 0.0413. The maximum atomic E-state index is 11.4. The average molecular weight is 448 g/mol. The molecule has 4 N–H and O–H groups in total. The Labute approximate surface area is 181 Å². The summed E-state index contributed by atoms with van der Waals surface area (Å²) >= 11 is 0. The van der Waals surface area contributed by atoms with Gasteiger partial charge in [0.05, 0.1) is 77.2 Å². The van der Waals surface area contributed by atoms with Gasteiger partial charge in [0.1, 0.15) is 13.2 Å². The van der Waals surface area contributed by atoms with Gasteiger partial charge >= 0.3 is 11.9 Å². The van der Waals surface area contributed by atoms with Crippen LogP contribution in [0.5, 0.6) is 0 Å². The molecular weight excluding hydrogens is 416 g/mol. The zero-order valence-electron chi connectivity index (χ0n) is 17.4. The Balaban J connectivity index is 0.000000615. The smallest absolute Gasteiger partial charge is 0.338 e. The van der Waals surface area contributed by atoms with E-state index in [1.165, 1.54) is 24.3 Å². The van der Waals surface area contributed by atoms with Crippen LogP contribution in [0.2, 0.25) is 0 Å². The summed E-state index contributed by atoms with van der Waals surface area (Å²) in [6.45, 7) is 2.15. The first-order valence-corrected chi connectivity index (χ1v) is 9.71. The number of rotatable bonds is 16. The molecule has 0 radical (unpaired) electrons. The topological polar surface area (TPSA) is 161 Å². The largest absolute Gasteiger partial charge is 0.460 e. The zero-order chi connectivity index (χ0) is 23.2. The predicted octanol–water partition coefficient (Wildman–Crippen LogP) is -0.994. The van der Waals surface area contributed by atoms with E-state index < -0.39 is 11.9 Å². The fourth-order valence-electron chi connectivity index (χ4n) is 1.86. The molecule has 11 heteroatoms. The van der Waals surface area contributed by atoms with E-state index in [-0.39, 0.29) is 50.8 Å². The highest BCUT2D eigenvalue weighted by molar-refractivity contribution is 5.93. The summed E-state index contributed by atoms with van der Waals surface area (Å²) in [5, 5.41) is 33.7. The molecule has 1 aromatic carbocycles. The molecule has 0 saturated heterocycles.